The van der Waals surface area contributed by atoms with Gasteiger partial charge in [-0.15, -0.1) is 0 Å². The van der Waals surface area contributed by atoms with Crippen LogP contribution in [0.15, 0.2) is 18.2 Å². The van der Waals surface area contributed by atoms with Crippen molar-refractivity contribution in [3.8, 4) is 0 Å². The van der Waals surface area contributed by atoms with Crippen molar-refractivity contribution in [1.29, 1.82) is 0 Å². The molecule has 0 atom stereocenters. The van der Waals surface area contributed by atoms with Gasteiger partial charge < -0.3 is 11.1 Å². The van der Waals surface area contributed by atoms with E-state index in [4.69, 9.17) is 5.73 Å². The largest absolute Gasteiger partial charge is 0.349 e. The Labute approximate surface area is 118 Å². The summed E-state index contributed by atoms with van der Waals surface area (Å²) in [6.07, 6.45) is 4.84. The van der Waals surface area contributed by atoms with Crippen LogP contribution < -0.4 is 11.1 Å². The first-order chi connectivity index (χ1) is 9.61. The highest BCUT2D eigenvalue weighted by Crippen LogP contribution is 2.22. The van der Waals surface area contributed by atoms with Crippen molar-refractivity contribution < 1.29 is 9.59 Å². The van der Waals surface area contributed by atoms with E-state index in [0.717, 1.165) is 36.8 Å². The molecule has 106 valence electrons. The molecule has 0 aromatic heterocycles. The molecular formula is C16H20N2O2. The number of carbonyl (C=O) groups is 2. The van der Waals surface area contributed by atoms with E-state index in [9.17, 15) is 9.59 Å². The molecule has 3 rings (SSSR count). The number of nitrogens with two attached hydrogens (primary N) is 1. The Morgan fingerprint density at radius 2 is 1.80 bits per heavy atom. The molecule has 0 saturated heterocycles. The summed E-state index contributed by atoms with van der Waals surface area (Å²) in [6.45, 7) is 0. The molecule has 2 aliphatic rings. The highest BCUT2D eigenvalue weighted by atomic mass is 16.1. The van der Waals surface area contributed by atoms with E-state index in [0.29, 0.717) is 18.4 Å². The SMILES string of the molecule is NC1CCC(NC(=O)c2ccc3c(c2)CC(=O)C3)CC1. The number of carbonyl (C=O) groups excluding carboxylic acids is 2. The molecule has 3 N–H and O–H groups in total. The van der Waals surface area contributed by atoms with Crippen LogP contribution in [0.5, 0.6) is 0 Å². The molecular weight excluding hydrogens is 252 g/mol. The van der Waals surface area contributed by atoms with Crippen molar-refractivity contribution in [3.63, 3.8) is 0 Å². The van der Waals surface area contributed by atoms with E-state index in [1.807, 2.05) is 18.2 Å². The van der Waals surface area contributed by atoms with Crippen LogP contribution in [0, 0.1) is 0 Å². The quantitative estimate of drug-likeness (QED) is 0.853. The number of fused-ring (bicyclic) bond motifs is 1. The van der Waals surface area contributed by atoms with Crippen LogP contribution in [0.1, 0.15) is 47.2 Å². The summed E-state index contributed by atoms with van der Waals surface area (Å²) in [4.78, 5) is 23.7. The highest BCUT2D eigenvalue weighted by Gasteiger charge is 2.22. The topological polar surface area (TPSA) is 72.2 Å². The minimum atomic E-state index is -0.0346. The van der Waals surface area contributed by atoms with Gasteiger partial charge in [-0.25, -0.2) is 0 Å². The molecule has 20 heavy (non-hydrogen) atoms. The standard InChI is InChI=1S/C16H20N2O2/c17-13-3-5-14(6-4-13)18-16(20)11-2-1-10-8-15(19)9-12(10)7-11/h1-2,7,13-14H,3-6,8-9,17H2,(H,18,20). The molecule has 0 bridgehead atoms. The fourth-order valence-electron chi connectivity index (χ4n) is 3.12. The second-order valence-corrected chi connectivity index (χ2v) is 5.96. The van der Waals surface area contributed by atoms with Gasteiger partial charge in [-0.2, -0.15) is 0 Å². The van der Waals surface area contributed by atoms with Crippen molar-refractivity contribution in [2.45, 2.75) is 50.6 Å². The van der Waals surface area contributed by atoms with E-state index in [2.05, 4.69) is 5.32 Å². The number of rotatable bonds is 2. The fraction of sp³-hybridized carbons (Fsp3) is 0.500. The van der Waals surface area contributed by atoms with Crippen molar-refractivity contribution in [1.82, 2.24) is 5.32 Å². The van der Waals surface area contributed by atoms with Crippen LogP contribution >= 0.6 is 0 Å². The summed E-state index contributed by atoms with van der Waals surface area (Å²) in [5, 5.41) is 3.08. The van der Waals surface area contributed by atoms with Crippen LogP contribution in [0.3, 0.4) is 0 Å². The van der Waals surface area contributed by atoms with Crippen molar-refractivity contribution in [2.75, 3.05) is 0 Å². The first-order valence-electron chi connectivity index (χ1n) is 7.32. The average Bonchev–Trinajstić information content (AvgIpc) is 2.80. The van der Waals surface area contributed by atoms with Crippen molar-refractivity contribution in [2.24, 2.45) is 5.73 Å². The molecule has 4 nitrogen and oxygen atoms in total. The van der Waals surface area contributed by atoms with Crippen LogP contribution in [-0.4, -0.2) is 23.8 Å². The molecule has 4 heteroatoms. The summed E-state index contributed by atoms with van der Waals surface area (Å²) in [5.41, 5.74) is 8.60. The van der Waals surface area contributed by atoms with Gasteiger partial charge in [0.05, 0.1) is 0 Å². The Bertz CT molecular complexity index is 545. The van der Waals surface area contributed by atoms with Gasteiger partial charge in [0.25, 0.3) is 5.91 Å². The van der Waals surface area contributed by atoms with E-state index in [1.54, 1.807) is 0 Å². The zero-order chi connectivity index (χ0) is 14.1. The van der Waals surface area contributed by atoms with Crippen LogP contribution in [0.25, 0.3) is 0 Å². The van der Waals surface area contributed by atoms with E-state index in [1.165, 1.54) is 0 Å². The van der Waals surface area contributed by atoms with Gasteiger partial charge in [-0.05, 0) is 48.9 Å². The van der Waals surface area contributed by atoms with Gasteiger partial charge in [0.2, 0.25) is 0 Å². The number of amides is 1. The van der Waals surface area contributed by atoms with Gasteiger partial charge in [-0.3, -0.25) is 9.59 Å². The van der Waals surface area contributed by atoms with E-state index in [-0.39, 0.29) is 23.8 Å². The van der Waals surface area contributed by atoms with Gasteiger partial charge >= 0.3 is 0 Å². The second kappa shape index (κ2) is 5.37. The third kappa shape index (κ3) is 2.75. The number of Topliss-reactive ketones (excluding diaryl/α,β-unsaturated/α-hetero) is 1. The zero-order valence-corrected chi connectivity index (χ0v) is 11.5. The third-order valence-corrected chi connectivity index (χ3v) is 4.35. The zero-order valence-electron chi connectivity index (χ0n) is 11.5. The smallest absolute Gasteiger partial charge is 0.251 e. The maximum Gasteiger partial charge on any atom is 0.251 e. The lowest BCUT2D eigenvalue weighted by molar-refractivity contribution is -0.117. The predicted octanol–water partition coefficient (Wildman–Crippen LogP) is 1.35. The number of hydrogen-bond acceptors (Lipinski definition) is 3. The van der Waals surface area contributed by atoms with Crippen molar-refractivity contribution in [3.05, 3.63) is 34.9 Å². The monoisotopic (exact) mass is 272 g/mol. The summed E-state index contributed by atoms with van der Waals surface area (Å²) in [7, 11) is 0. The van der Waals surface area contributed by atoms with Crippen LogP contribution in [-0.2, 0) is 17.6 Å². The average molecular weight is 272 g/mol. The van der Waals surface area contributed by atoms with E-state index >= 15 is 0 Å². The number of nitrogens with one attached hydrogen (secondary N) is 1. The Balaban J connectivity index is 1.66. The molecule has 1 saturated carbocycles. The Hall–Kier alpha value is -1.68. The van der Waals surface area contributed by atoms with Gasteiger partial charge in [0, 0.05) is 30.5 Å². The number of benzene rings is 1. The maximum absolute atomic E-state index is 12.2. The molecule has 0 aliphatic heterocycles. The third-order valence-electron chi connectivity index (χ3n) is 4.35. The molecule has 1 aromatic carbocycles. The summed E-state index contributed by atoms with van der Waals surface area (Å²) < 4.78 is 0. The molecule has 0 heterocycles. The number of ketones is 1. The first-order valence-corrected chi connectivity index (χ1v) is 7.32. The molecule has 2 aliphatic carbocycles. The molecule has 1 amide bonds. The fourth-order valence-corrected chi connectivity index (χ4v) is 3.12. The van der Waals surface area contributed by atoms with E-state index < -0.39 is 0 Å². The molecule has 1 aromatic rings. The van der Waals surface area contributed by atoms with Gasteiger partial charge in [-0.1, -0.05) is 6.07 Å². The summed E-state index contributed by atoms with van der Waals surface area (Å²) in [5.74, 6) is 0.200. The maximum atomic E-state index is 12.2. The first kappa shape index (κ1) is 13.3. The van der Waals surface area contributed by atoms with Crippen LogP contribution in [0.4, 0.5) is 0 Å². The molecule has 0 unspecified atom stereocenters. The predicted molar refractivity (Wildman–Crippen MR) is 76.6 cm³/mol. The lowest BCUT2D eigenvalue weighted by Crippen LogP contribution is -2.40. The lowest BCUT2D eigenvalue weighted by Gasteiger charge is -2.26. The lowest BCUT2D eigenvalue weighted by atomic mass is 9.91. The van der Waals surface area contributed by atoms with Crippen molar-refractivity contribution >= 4 is 11.7 Å². The molecule has 1 fully saturated rings. The van der Waals surface area contributed by atoms with Crippen LogP contribution in [0.2, 0.25) is 0 Å². The Morgan fingerprint density at radius 1 is 1.10 bits per heavy atom. The van der Waals surface area contributed by atoms with Gasteiger partial charge in [0.1, 0.15) is 5.78 Å². The minimum absolute atomic E-state index is 0.0346. The minimum Gasteiger partial charge on any atom is -0.349 e. The summed E-state index contributed by atoms with van der Waals surface area (Å²) in [6, 6.07) is 6.11. The number of hydrogen-bond donors (Lipinski definition) is 2. The Morgan fingerprint density at radius 3 is 2.55 bits per heavy atom. The normalized spacial score (nSPS) is 25.4. The molecule has 0 radical (unpaired) electrons. The summed E-state index contributed by atoms with van der Waals surface area (Å²) >= 11 is 0. The Kier molecular flexibility index (Phi) is 3.57. The molecule has 0 spiro atoms. The second-order valence-electron chi connectivity index (χ2n) is 5.96. The highest BCUT2D eigenvalue weighted by molar-refractivity contribution is 5.96. The van der Waals surface area contributed by atoms with Gasteiger partial charge in [0.15, 0.2) is 0 Å².